The highest BCUT2D eigenvalue weighted by Crippen LogP contribution is 2.18. The van der Waals surface area contributed by atoms with Gasteiger partial charge in [-0.05, 0) is 0 Å². The molecule has 0 aliphatic carbocycles. The van der Waals surface area contributed by atoms with Gasteiger partial charge in [-0.1, -0.05) is 30.3 Å². The number of aromatic nitrogens is 4. The highest BCUT2D eigenvalue weighted by atomic mass is 15.3. The average Bonchev–Trinajstić information content (AvgIpc) is 2.79. The summed E-state index contributed by atoms with van der Waals surface area (Å²) >= 11 is 0. The summed E-state index contributed by atoms with van der Waals surface area (Å²) in [6.07, 6.45) is 1.46. The minimum atomic E-state index is 0.342. The van der Waals surface area contributed by atoms with Crippen LogP contribution in [0, 0.1) is 0 Å². The normalized spacial score (nSPS) is 10.8. The van der Waals surface area contributed by atoms with Gasteiger partial charge in [-0.2, -0.15) is 9.61 Å². The molecule has 3 rings (SSSR count). The van der Waals surface area contributed by atoms with Gasteiger partial charge < -0.3 is 5.73 Å². The van der Waals surface area contributed by atoms with Gasteiger partial charge in [0.1, 0.15) is 6.33 Å². The van der Waals surface area contributed by atoms with E-state index in [1.165, 1.54) is 10.8 Å². The number of rotatable bonds is 1. The van der Waals surface area contributed by atoms with E-state index in [4.69, 9.17) is 5.73 Å². The molecular weight excluding hydrogens is 202 g/mol. The van der Waals surface area contributed by atoms with Crippen molar-refractivity contribution in [2.24, 2.45) is 0 Å². The summed E-state index contributed by atoms with van der Waals surface area (Å²) in [6.45, 7) is 0. The highest BCUT2D eigenvalue weighted by molar-refractivity contribution is 5.64. The zero-order valence-corrected chi connectivity index (χ0v) is 8.41. The molecule has 1 aromatic carbocycles. The van der Waals surface area contributed by atoms with Crippen LogP contribution in [0.15, 0.2) is 42.7 Å². The average molecular weight is 211 g/mol. The van der Waals surface area contributed by atoms with Crippen LogP contribution in [0.25, 0.3) is 16.9 Å². The van der Waals surface area contributed by atoms with Crippen molar-refractivity contribution in [2.75, 3.05) is 5.73 Å². The Morgan fingerprint density at radius 1 is 1.12 bits per heavy atom. The predicted molar refractivity (Wildman–Crippen MR) is 60.6 cm³/mol. The lowest BCUT2D eigenvalue weighted by molar-refractivity contribution is 0.941. The van der Waals surface area contributed by atoms with Crippen molar-refractivity contribution in [3.05, 3.63) is 42.7 Å². The Morgan fingerprint density at radius 3 is 2.75 bits per heavy atom. The number of hydrogen-bond donors (Lipinski definition) is 1. The van der Waals surface area contributed by atoms with Gasteiger partial charge >= 0.3 is 0 Å². The number of nitrogens with zero attached hydrogens (tertiary/aromatic N) is 4. The zero-order chi connectivity index (χ0) is 11.0. The lowest BCUT2D eigenvalue weighted by atomic mass is 10.1. The second kappa shape index (κ2) is 3.30. The van der Waals surface area contributed by atoms with Crippen LogP contribution in [0.4, 0.5) is 5.95 Å². The van der Waals surface area contributed by atoms with Crippen LogP contribution in [0.5, 0.6) is 0 Å². The molecule has 0 atom stereocenters. The molecule has 0 fully saturated rings. The van der Waals surface area contributed by atoms with E-state index in [9.17, 15) is 0 Å². The number of nitrogen functional groups attached to an aromatic ring is 1. The number of benzene rings is 1. The number of fused-ring (bicyclic) bond motifs is 1. The lowest BCUT2D eigenvalue weighted by Gasteiger charge is -2.02. The summed E-state index contributed by atoms with van der Waals surface area (Å²) < 4.78 is 1.51. The van der Waals surface area contributed by atoms with Gasteiger partial charge in [0.15, 0.2) is 5.65 Å². The third-order valence-corrected chi connectivity index (χ3v) is 2.36. The topological polar surface area (TPSA) is 69.1 Å². The lowest BCUT2D eigenvalue weighted by Crippen LogP contribution is -2.02. The molecule has 0 aliphatic heterocycles. The summed E-state index contributed by atoms with van der Waals surface area (Å²) in [7, 11) is 0. The van der Waals surface area contributed by atoms with E-state index in [-0.39, 0.29) is 0 Å². The Kier molecular flexibility index (Phi) is 1.83. The van der Waals surface area contributed by atoms with E-state index in [0.29, 0.717) is 11.6 Å². The molecular formula is C11H9N5. The van der Waals surface area contributed by atoms with Crippen LogP contribution < -0.4 is 5.73 Å². The molecule has 0 spiro atoms. The van der Waals surface area contributed by atoms with Gasteiger partial charge in [-0.3, -0.25) is 0 Å². The Bertz CT molecular complexity index is 629. The Labute approximate surface area is 91.6 Å². The van der Waals surface area contributed by atoms with Crippen LogP contribution in [0.3, 0.4) is 0 Å². The molecule has 0 unspecified atom stereocenters. The van der Waals surface area contributed by atoms with E-state index in [1.807, 2.05) is 36.4 Å². The quantitative estimate of drug-likeness (QED) is 0.660. The molecule has 0 saturated carbocycles. The smallest absolute Gasteiger partial charge is 0.223 e. The first kappa shape index (κ1) is 8.84. The van der Waals surface area contributed by atoms with Crippen molar-refractivity contribution in [1.29, 1.82) is 0 Å². The third kappa shape index (κ3) is 1.30. The molecule has 0 bridgehead atoms. The van der Waals surface area contributed by atoms with Gasteiger partial charge in [0.05, 0.1) is 5.69 Å². The molecule has 0 saturated heterocycles. The molecule has 0 radical (unpaired) electrons. The van der Waals surface area contributed by atoms with Crippen molar-refractivity contribution >= 4 is 11.6 Å². The van der Waals surface area contributed by atoms with Crippen LogP contribution in [-0.4, -0.2) is 19.6 Å². The van der Waals surface area contributed by atoms with Crippen molar-refractivity contribution in [1.82, 2.24) is 19.6 Å². The first-order valence-corrected chi connectivity index (χ1v) is 4.86. The van der Waals surface area contributed by atoms with E-state index in [0.717, 1.165) is 11.3 Å². The monoisotopic (exact) mass is 211 g/mol. The van der Waals surface area contributed by atoms with Crippen LogP contribution in [-0.2, 0) is 0 Å². The van der Waals surface area contributed by atoms with Gasteiger partial charge in [-0.25, -0.2) is 9.97 Å². The van der Waals surface area contributed by atoms with Gasteiger partial charge in [0.2, 0.25) is 5.95 Å². The fourth-order valence-electron chi connectivity index (χ4n) is 1.61. The summed E-state index contributed by atoms with van der Waals surface area (Å²) in [5.41, 5.74) is 8.31. The largest absolute Gasteiger partial charge is 0.368 e. The standard InChI is InChI=1S/C11H9N5/c12-11-15-9(8-4-2-1-3-5-8)6-10-13-7-14-16(10)11/h1-7H,(H2,12,15). The molecule has 16 heavy (non-hydrogen) atoms. The second-order valence-corrected chi connectivity index (χ2v) is 3.40. The fourth-order valence-corrected chi connectivity index (χ4v) is 1.61. The Hall–Kier alpha value is -2.43. The second-order valence-electron chi connectivity index (χ2n) is 3.40. The van der Waals surface area contributed by atoms with Crippen molar-refractivity contribution in [3.8, 4) is 11.3 Å². The SMILES string of the molecule is Nc1nc(-c2ccccc2)cc2ncnn12. The first-order chi connectivity index (χ1) is 7.84. The fraction of sp³-hybridized carbons (Fsp3) is 0. The summed E-state index contributed by atoms with van der Waals surface area (Å²) in [5.74, 6) is 0.342. The van der Waals surface area contributed by atoms with Crippen LogP contribution in [0.1, 0.15) is 0 Å². The molecule has 3 aromatic rings. The predicted octanol–water partition coefficient (Wildman–Crippen LogP) is 1.37. The minimum absolute atomic E-state index is 0.342. The molecule has 5 nitrogen and oxygen atoms in total. The molecule has 0 amide bonds. The number of nitrogens with two attached hydrogens (primary N) is 1. The minimum Gasteiger partial charge on any atom is -0.368 e. The Morgan fingerprint density at radius 2 is 1.94 bits per heavy atom. The maximum atomic E-state index is 5.79. The zero-order valence-electron chi connectivity index (χ0n) is 8.41. The maximum absolute atomic E-state index is 5.79. The van der Waals surface area contributed by atoms with Gasteiger partial charge in [0, 0.05) is 11.6 Å². The van der Waals surface area contributed by atoms with Crippen LogP contribution in [0.2, 0.25) is 0 Å². The van der Waals surface area contributed by atoms with E-state index < -0.39 is 0 Å². The summed E-state index contributed by atoms with van der Waals surface area (Å²) in [5, 5.41) is 3.97. The molecule has 2 heterocycles. The molecule has 0 aliphatic rings. The van der Waals surface area contributed by atoms with E-state index in [2.05, 4.69) is 15.1 Å². The van der Waals surface area contributed by atoms with E-state index >= 15 is 0 Å². The van der Waals surface area contributed by atoms with Crippen molar-refractivity contribution in [2.45, 2.75) is 0 Å². The summed E-state index contributed by atoms with van der Waals surface area (Å²) in [4.78, 5) is 8.38. The highest BCUT2D eigenvalue weighted by Gasteiger charge is 2.05. The number of anilines is 1. The molecule has 5 heteroatoms. The Balaban J connectivity index is 2.25. The molecule has 2 aromatic heterocycles. The molecule has 2 N–H and O–H groups in total. The van der Waals surface area contributed by atoms with Gasteiger partial charge in [-0.15, -0.1) is 0 Å². The number of hydrogen-bond acceptors (Lipinski definition) is 4. The maximum Gasteiger partial charge on any atom is 0.223 e. The van der Waals surface area contributed by atoms with E-state index in [1.54, 1.807) is 0 Å². The van der Waals surface area contributed by atoms with Crippen LogP contribution >= 0.6 is 0 Å². The van der Waals surface area contributed by atoms with Crippen molar-refractivity contribution in [3.63, 3.8) is 0 Å². The van der Waals surface area contributed by atoms with Gasteiger partial charge in [0.25, 0.3) is 0 Å². The first-order valence-electron chi connectivity index (χ1n) is 4.86. The third-order valence-electron chi connectivity index (χ3n) is 2.36. The van der Waals surface area contributed by atoms with Crippen molar-refractivity contribution < 1.29 is 0 Å². The molecule has 78 valence electrons. The summed E-state index contributed by atoms with van der Waals surface area (Å²) in [6, 6.07) is 11.7.